The van der Waals surface area contributed by atoms with Crippen molar-refractivity contribution in [2.24, 2.45) is 0 Å². The van der Waals surface area contributed by atoms with Crippen molar-refractivity contribution in [3.63, 3.8) is 0 Å². The van der Waals surface area contributed by atoms with Crippen LogP contribution in [-0.4, -0.2) is 41.9 Å². The predicted octanol–water partition coefficient (Wildman–Crippen LogP) is 5.13. The van der Waals surface area contributed by atoms with Crippen molar-refractivity contribution in [1.82, 2.24) is 9.29 Å². The number of ether oxygens (including phenoxy) is 1. The topological polar surface area (TPSA) is 122 Å². The fourth-order valence-corrected chi connectivity index (χ4v) is 5.01. The number of hydrogen-bond donors (Lipinski definition) is 2. The van der Waals surface area contributed by atoms with Gasteiger partial charge >= 0.3 is 16.2 Å². The summed E-state index contributed by atoms with van der Waals surface area (Å²) >= 11 is 0. The van der Waals surface area contributed by atoms with Crippen LogP contribution in [0.5, 0.6) is 5.75 Å². The van der Waals surface area contributed by atoms with Crippen LogP contribution in [-0.2, 0) is 28.0 Å². The lowest BCUT2D eigenvalue weighted by Crippen LogP contribution is -2.39. The first-order valence-corrected chi connectivity index (χ1v) is 13.8. The Labute approximate surface area is 228 Å². The second-order valence-corrected chi connectivity index (χ2v) is 10.9. The quantitative estimate of drug-likeness (QED) is 0.251. The highest BCUT2D eigenvalue weighted by molar-refractivity contribution is 7.90. The Balaban J connectivity index is 1.35. The van der Waals surface area contributed by atoms with E-state index in [-0.39, 0.29) is 6.54 Å². The monoisotopic (exact) mass is 549 g/mol. The smallest absolute Gasteiger partial charge is 0.318 e. The van der Waals surface area contributed by atoms with Gasteiger partial charge in [-0.2, -0.15) is 12.7 Å². The molecule has 0 radical (unpaired) electrons. The molecule has 0 aliphatic heterocycles. The maximum atomic E-state index is 12.9. The van der Waals surface area contributed by atoms with Gasteiger partial charge in [0.25, 0.3) is 0 Å². The summed E-state index contributed by atoms with van der Waals surface area (Å²) in [5, 5.41) is 9.29. The Hall–Kier alpha value is -4.15. The number of nitrogens with zero attached hydrogens (tertiary/aromatic N) is 2. The van der Waals surface area contributed by atoms with Crippen molar-refractivity contribution in [2.45, 2.75) is 33.7 Å². The SMILES string of the molecule is Cc1ccc(NS(=O)(=O)N(CC(=O)O)Cc2ccc(OCCc3nc(-c4ccc(C)cc4)oc3C)cc2)cc1. The van der Waals surface area contributed by atoms with Crippen molar-refractivity contribution in [1.29, 1.82) is 0 Å². The van der Waals surface area contributed by atoms with Crippen LogP contribution in [0.2, 0.25) is 0 Å². The molecule has 0 amide bonds. The summed E-state index contributed by atoms with van der Waals surface area (Å²) in [7, 11) is -4.11. The van der Waals surface area contributed by atoms with Gasteiger partial charge in [0.05, 0.1) is 12.3 Å². The number of nitrogens with one attached hydrogen (secondary N) is 1. The number of aliphatic carboxylic acids is 1. The summed E-state index contributed by atoms with van der Waals surface area (Å²) < 4.78 is 40.8. The molecular weight excluding hydrogens is 518 g/mol. The molecule has 10 heteroatoms. The van der Waals surface area contributed by atoms with Crippen LogP contribution >= 0.6 is 0 Å². The van der Waals surface area contributed by atoms with Gasteiger partial charge in [0, 0.05) is 24.2 Å². The molecule has 0 spiro atoms. The molecule has 0 fully saturated rings. The third-order valence-corrected chi connectivity index (χ3v) is 7.46. The van der Waals surface area contributed by atoms with Crippen LogP contribution in [0.15, 0.2) is 77.2 Å². The summed E-state index contributed by atoms with van der Waals surface area (Å²) in [5.74, 6) is 0.662. The molecule has 0 aliphatic rings. The highest BCUT2D eigenvalue weighted by Crippen LogP contribution is 2.23. The van der Waals surface area contributed by atoms with E-state index in [0.717, 1.165) is 32.4 Å². The molecule has 204 valence electrons. The number of rotatable bonds is 12. The molecule has 0 unspecified atom stereocenters. The first kappa shape index (κ1) is 27.9. The van der Waals surface area contributed by atoms with E-state index < -0.39 is 22.7 Å². The largest absolute Gasteiger partial charge is 0.493 e. The van der Waals surface area contributed by atoms with Gasteiger partial charge in [0.15, 0.2) is 0 Å². The predicted molar refractivity (Wildman–Crippen MR) is 149 cm³/mol. The Bertz CT molecular complexity index is 1510. The van der Waals surface area contributed by atoms with Crippen molar-refractivity contribution in [3.8, 4) is 17.2 Å². The van der Waals surface area contributed by atoms with Gasteiger partial charge in [-0.1, -0.05) is 47.5 Å². The van der Waals surface area contributed by atoms with E-state index in [1.165, 1.54) is 0 Å². The van der Waals surface area contributed by atoms with E-state index in [9.17, 15) is 18.3 Å². The summed E-state index contributed by atoms with van der Waals surface area (Å²) in [6.45, 7) is 5.37. The molecule has 0 aliphatic carbocycles. The first-order chi connectivity index (χ1) is 18.6. The minimum absolute atomic E-state index is 0.117. The van der Waals surface area contributed by atoms with Crippen LogP contribution in [0.1, 0.15) is 28.1 Å². The van der Waals surface area contributed by atoms with Crippen LogP contribution in [0.4, 0.5) is 5.69 Å². The summed E-state index contributed by atoms with van der Waals surface area (Å²) in [6, 6.07) is 21.6. The molecule has 1 heterocycles. The molecule has 0 atom stereocenters. The maximum Gasteiger partial charge on any atom is 0.318 e. The number of oxazole rings is 1. The van der Waals surface area contributed by atoms with Crippen molar-refractivity contribution < 1.29 is 27.5 Å². The molecule has 4 aromatic rings. The Morgan fingerprint density at radius 1 is 0.949 bits per heavy atom. The van der Waals surface area contributed by atoms with E-state index in [1.54, 1.807) is 48.5 Å². The second kappa shape index (κ2) is 12.1. The van der Waals surface area contributed by atoms with Crippen molar-refractivity contribution in [2.75, 3.05) is 17.9 Å². The highest BCUT2D eigenvalue weighted by Gasteiger charge is 2.25. The lowest BCUT2D eigenvalue weighted by Gasteiger charge is -2.21. The normalized spacial score (nSPS) is 11.5. The van der Waals surface area contributed by atoms with Crippen molar-refractivity contribution in [3.05, 3.63) is 101 Å². The van der Waals surface area contributed by atoms with E-state index in [1.807, 2.05) is 45.0 Å². The van der Waals surface area contributed by atoms with E-state index in [0.29, 0.717) is 35.9 Å². The minimum Gasteiger partial charge on any atom is -0.493 e. The maximum absolute atomic E-state index is 12.9. The molecule has 39 heavy (non-hydrogen) atoms. The first-order valence-electron chi connectivity index (χ1n) is 12.4. The fraction of sp³-hybridized carbons (Fsp3) is 0.241. The van der Waals surface area contributed by atoms with Gasteiger partial charge in [0.2, 0.25) is 5.89 Å². The Morgan fingerprint density at radius 2 is 1.56 bits per heavy atom. The summed E-state index contributed by atoms with van der Waals surface area (Å²) in [6.07, 6.45) is 0.554. The number of carboxylic acid groups (broad SMARTS) is 1. The molecule has 2 N–H and O–H groups in total. The molecule has 0 saturated carbocycles. The van der Waals surface area contributed by atoms with Crippen LogP contribution in [0.25, 0.3) is 11.5 Å². The molecule has 3 aromatic carbocycles. The van der Waals surface area contributed by atoms with Crippen LogP contribution < -0.4 is 9.46 Å². The Morgan fingerprint density at radius 3 is 2.18 bits per heavy atom. The third kappa shape index (κ3) is 7.68. The number of anilines is 1. The lowest BCUT2D eigenvalue weighted by atomic mass is 10.1. The third-order valence-electron chi connectivity index (χ3n) is 6.03. The Kier molecular flexibility index (Phi) is 8.68. The van der Waals surface area contributed by atoms with E-state index in [4.69, 9.17) is 9.15 Å². The standard InChI is InChI=1S/C29H31N3O6S/c1-20-4-10-24(11-5-20)29-30-27(22(3)38-29)16-17-37-26-14-8-23(9-15-26)18-32(19-28(33)34)39(35,36)31-25-12-6-21(2)7-13-25/h4-15,31H,16-19H2,1-3H3,(H,33,34). The van der Waals surface area contributed by atoms with E-state index >= 15 is 0 Å². The molecule has 0 saturated heterocycles. The number of hydrogen-bond acceptors (Lipinski definition) is 6. The number of carbonyl (C=O) groups is 1. The average molecular weight is 550 g/mol. The average Bonchev–Trinajstić information content (AvgIpc) is 3.26. The highest BCUT2D eigenvalue weighted by atomic mass is 32.2. The number of benzene rings is 3. The molecule has 9 nitrogen and oxygen atoms in total. The van der Waals surface area contributed by atoms with E-state index in [2.05, 4.69) is 9.71 Å². The number of aryl methyl sites for hydroxylation is 3. The molecule has 0 bridgehead atoms. The van der Waals surface area contributed by atoms with Gasteiger partial charge in [-0.15, -0.1) is 0 Å². The van der Waals surface area contributed by atoms with Gasteiger partial charge in [-0.25, -0.2) is 4.98 Å². The zero-order valence-electron chi connectivity index (χ0n) is 22.0. The van der Waals surface area contributed by atoms with Gasteiger partial charge in [-0.05, 0) is 62.7 Å². The van der Waals surface area contributed by atoms with Gasteiger partial charge in [-0.3, -0.25) is 9.52 Å². The second-order valence-electron chi connectivity index (χ2n) is 9.27. The van der Waals surface area contributed by atoms with Crippen molar-refractivity contribution >= 4 is 21.9 Å². The summed E-state index contributed by atoms with van der Waals surface area (Å²) in [5.41, 5.74) is 4.85. The molecular formula is C29H31N3O6S. The van der Waals surface area contributed by atoms with Crippen LogP contribution in [0, 0.1) is 20.8 Å². The van der Waals surface area contributed by atoms with Gasteiger partial charge in [0.1, 0.15) is 18.1 Å². The molecule has 1 aromatic heterocycles. The summed E-state index contributed by atoms with van der Waals surface area (Å²) in [4.78, 5) is 16.0. The lowest BCUT2D eigenvalue weighted by molar-refractivity contribution is -0.137. The minimum atomic E-state index is -4.11. The zero-order valence-corrected chi connectivity index (χ0v) is 22.9. The number of aromatic nitrogens is 1. The van der Waals surface area contributed by atoms with Gasteiger partial charge < -0.3 is 14.3 Å². The fourth-order valence-electron chi connectivity index (χ4n) is 3.85. The zero-order chi connectivity index (χ0) is 28.0. The van der Waals surface area contributed by atoms with Crippen LogP contribution in [0.3, 0.4) is 0 Å². The molecule has 4 rings (SSSR count). The number of carboxylic acids is 1.